The highest BCUT2D eigenvalue weighted by atomic mass is 16.5. The molecule has 0 aliphatic rings. The first-order valence-electron chi connectivity index (χ1n) is 9.26. The summed E-state index contributed by atoms with van der Waals surface area (Å²) in [5.41, 5.74) is 2.68. The smallest absolute Gasteiger partial charge is 0.165 e. The maximum absolute atomic E-state index is 6.12. The molecule has 6 heteroatoms. The van der Waals surface area contributed by atoms with Gasteiger partial charge in [-0.05, 0) is 38.4 Å². The Labute approximate surface area is 164 Å². The first-order chi connectivity index (χ1) is 13.7. The third kappa shape index (κ3) is 3.82. The molecule has 2 aromatic heterocycles. The van der Waals surface area contributed by atoms with Crippen LogP contribution in [0.4, 0.5) is 5.82 Å². The molecular weight excluding hydrogens is 350 g/mol. The molecule has 6 nitrogen and oxygen atoms in total. The van der Waals surface area contributed by atoms with Crippen molar-refractivity contribution in [2.24, 2.45) is 0 Å². The van der Waals surface area contributed by atoms with Crippen LogP contribution in [0.3, 0.4) is 0 Å². The lowest BCUT2D eigenvalue weighted by molar-refractivity contribution is 0.425. The van der Waals surface area contributed by atoms with Crippen molar-refractivity contribution in [3.05, 3.63) is 73.1 Å². The molecule has 28 heavy (non-hydrogen) atoms. The summed E-state index contributed by atoms with van der Waals surface area (Å²) in [6.45, 7) is 1.76. The van der Waals surface area contributed by atoms with E-state index in [9.17, 15) is 0 Å². The third-order valence-corrected chi connectivity index (χ3v) is 4.41. The van der Waals surface area contributed by atoms with Crippen molar-refractivity contribution in [2.45, 2.75) is 0 Å². The van der Waals surface area contributed by atoms with Crippen LogP contribution in [0.15, 0.2) is 73.1 Å². The second kappa shape index (κ2) is 8.10. The van der Waals surface area contributed by atoms with Gasteiger partial charge in [0.05, 0.1) is 11.8 Å². The molecule has 4 rings (SSSR count). The molecule has 0 spiro atoms. The fourth-order valence-electron chi connectivity index (χ4n) is 3.02. The monoisotopic (exact) mass is 373 g/mol. The Morgan fingerprint density at radius 2 is 1.75 bits per heavy atom. The van der Waals surface area contributed by atoms with E-state index in [1.54, 1.807) is 6.20 Å². The van der Waals surface area contributed by atoms with Gasteiger partial charge in [0.15, 0.2) is 5.65 Å². The van der Waals surface area contributed by atoms with Crippen molar-refractivity contribution in [1.82, 2.24) is 19.5 Å². The SMILES string of the molecule is CN(C)CCNc1ccnc2c(-c3ccccc3Oc3ccccc3)cnn12. The summed E-state index contributed by atoms with van der Waals surface area (Å²) < 4.78 is 7.96. The van der Waals surface area contributed by atoms with E-state index in [-0.39, 0.29) is 0 Å². The van der Waals surface area contributed by atoms with Crippen molar-refractivity contribution in [2.75, 3.05) is 32.5 Å². The van der Waals surface area contributed by atoms with E-state index in [0.717, 1.165) is 47.2 Å². The summed E-state index contributed by atoms with van der Waals surface area (Å²) in [7, 11) is 4.11. The molecule has 2 aromatic carbocycles. The number of fused-ring (bicyclic) bond motifs is 1. The first-order valence-corrected chi connectivity index (χ1v) is 9.26. The zero-order valence-corrected chi connectivity index (χ0v) is 16.0. The molecule has 0 bridgehead atoms. The van der Waals surface area contributed by atoms with Crippen molar-refractivity contribution in [1.29, 1.82) is 0 Å². The summed E-state index contributed by atoms with van der Waals surface area (Å²) in [5.74, 6) is 2.49. The number of aromatic nitrogens is 3. The Hall–Kier alpha value is -3.38. The number of nitrogens with zero attached hydrogens (tertiary/aromatic N) is 4. The zero-order valence-electron chi connectivity index (χ0n) is 16.0. The minimum absolute atomic E-state index is 0.774. The van der Waals surface area contributed by atoms with E-state index in [4.69, 9.17) is 4.74 Å². The maximum atomic E-state index is 6.12. The van der Waals surface area contributed by atoms with Gasteiger partial charge in [0.2, 0.25) is 0 Å². The van der Waals surface area contributed by atoms with E-state index in [2.05, 4.69) is 34.4 Å². The Morgan fingerprint density at radius 1 is 0.964 bits per heavy atom. The lowest BCUT2D eigenvalue weighted by Crippen LogP contribution is -2.21. The number of rotatable bonds is 7. The van der Waals surface area contributed by atoms with Crippen LogP contribution < -0.4 is 10.1 Å². The number of para-hydroxylation sites is 2. The van der Waals surface area contributed by atoms with Crippen LogP contribution >= 0.6 is 0 Å². The van der Waals surface area contributed by atoms with Crippen molar-refractivity contribution >= 4 is 11.5 Å². The van der Waals surface area contributed by atoms with Crippen molar-refractivity contribution < 1.29 is 4.74 Å². The summed E-state index contributed by atoms with van der Waals surface area (Å²) in [5, 5.41) is 7.99. The fraction of sp³-hybridized carbons (Fsp3) is 0.182. The second-order valence-electron chi connectivity index (χ2n) is 6.77. The van der Waals surface area contributed by atoms with Gasteiger partial charge in [-0.3, -0.25) is 0 Å². The maximum Gasteiger partial charge on any atom is 0.165 e. The molecule has 0 saturated carbocycles. The number of benzene rings is 2. The lowest BCUT2D eigenvalue weighted by atomic mass is 10.1. The topological polar surface area (TPSA) is 54.7 Å². The van der Waals surface area contributed by atoms with Crippen LogP contribution in [-0.4, -0.2) is 46.7 Å². The molecule has 0 radical (unpaired) electrons. The molecule has 0 aliphatic heterocycles. The minimum atomic E-state index is 0.774. The molecule has 0 atom stereocenters. The zero-order chi connectivity index (χ0) is 19.3. The lowest BCUT2D eigenvalue weighted by Gasteiger charge is -2.12. The summed E-state index contributed by atoms with van der Waals surface area (Å²) in [6.07, 6.45) is 3.64. The molecule has 1 N–H and O–H groups in total. The van der Waals surface area contributed by atoms with Gasteiger partial charge in [0.1, 0.15) is 17.3 Å². The molecular formula is C22H23N5O. The number of likely N-dealkylation sites (N-methyl/N-ethyl adjacent to an activating group) is 1. The van der Waals surface area contributed by atoms with Gasteiger partial charge < -0.3 is 15.0 Å². The summed E-state index contributed by atoms with van der Waals surface area (Å²) in [4.78, 5) is 6.70. The molecule has 0 aliphatic carbocycles. The highest BCUT2D eigenvalue weighted by Gasteiger charge is 2.14. The number of hydrogen-bond acceptors (Lipinski definition) is 5. The van der Waals surface area contributed by atoms with Gasteiger partial charge >= 0.3 is 0 Å². The largest absolute Gasteiger partial charge is 0.457 e. The molecule has 0 amide bonds. The van der Waals surface area contributed by atoms with Gasteiger partial charge in [-0.15, -0.1) is 0 Å². The van der Waals surface area contributed by atoms with Gasteiger partial charge in [-0.2, -0.15) is 9.61 Å². The Bertz CT molecular complexity index is 1060. The van der Waals surface area contributed by atoms with E-state index in [1.165, 1.54) is 0 Å². The van der Waals surface area contributed by atoms with Gasteiger partial charge in [0.25, 0.3) is 0 Å². The predicted molar refractivity (Wildman–Crippen MR) is 112 cm³/mol. The van der Waals surface area contributed by atoms with E-state index in [0.29, 0.717) is 0 Å². The average Bonchev–Trinajstić information content (AvgIpc) is 3.14. The Morgan fingerprint density at radius 3 is 2.57 bits per heavy atom. The van der Waals surface area contributed by atoms with Gasteiger partial charge in [-0.1, -0.05) is 36.4 Å². The quantitative estimate of drug-likeness (QED) is 0.527. The molecule has 2 heterocycles. The van der Waals surface area contributed by atoms with Crippen LogP contribution in [-0.2, 0) is 0 Å². The molecule has 142 valence electrons. The minimum Gasteiger partial charge on any atom is -0.457 e. The average molecular weight is 373 g/mol. The van der Waals surface area contributed by atoms with Crippen LogP contribution in [0, 0.1) is 0 Å². The van der Waals surface area contributed by atoms with Gasteiger partial charge in [-0.25, -0.2) is 4.98 Å². The molecule has 0 fully saturated rings. The van der Waals surface area contributed by atoms with Crippen LogP contribution in [0.1, 0.15) is 0 Å². The highest BCUT2D eigenvalue weighted by molar-refractivity contribution is 5.82. The fourth-order valence-corrected chi connectivity index (χ4v) is 3.02. The summed E-state index contributed by atoms with van der Waals surface area (Å²) in [6, 6.07) is 19.7. The number of hydrogen-bond donors (Lipinski definition) is 1. The number of ether oxygens (including phenoxy) is 1. The van der Waals surface area contributed by atoms with Crippen LogP contribution in [0.5, 0.6) is 11.5 Å². The Kier molecular flexibility index (Phi) is 5.21. The normalized spacial score (nSPS) is 11.1. The summed E-state index contributed by atoms with van der Waals surface area (Å²) >= 11 is 0. The molecule has 0 unspecified atom stereocenters. The van der Waals surface area contributed by atoms with E-state index < -0.39 is 0 Å². The van der Waals surface area contributed by atoms with E-state index >= 15 is 0 Å². The standard InChI is InChI=1S/C22H23N5O/c1-26(2)15-14-23-21-12-13-24-22-19(16-25-27(21)22)18-10-6-7-11-20(18)28-17-8-4-3-5-9-17/h3-13,16,23H,14-15H2,1-2H3. The van der Waals surface area contributed by atoms with Gasteiger partial charge in [0, 0.05) is 24.8 Å². The molecule has 0 saturated heterocycles. The predicted octanol–water partition coefficient (Wildman–Crippen LogP) is 4.16. The number of anilines is 1. The number of nitrogens with one attached hydrogen (secondary N) is 1. The third-order valence-electron chi connectivity index (χ3n) is 4.41. The van der Waals surface area contributed by atoms with E-state index in [1.807, 2.05) is 71.4 Å². The highest BCUT2D eigenvalue weighted by Crippen LogP contribution is 2.35. The first kappa shape index (κ1) is 18.0. The second-order valence-corrected chi connectivity index (χ2v) is 6.77. The van der Waals surface area contributed by atoms with Crippen LogP contribution in [0.2, 0.25) is 0 Å². The molecule has 4 aromatic rings. The van der Waals surface area contributed by atoms with Crippen molar-refractivity contribution in [3.8, 4) is 22.6 Å². The van der Waals surface area contributed by atoms with Crippen molar-refractivity contribution in [3.63, 3.8) is 0 Å². The Balaban J connectivity index is 1.69. The van der Waals surface area contributed by atoms with Crippen LogP contribution in [0.25, 0.3) is 16.8 Å².